The normalized spacial score (nSPS) is 10.8. The van der Waals surface area contributed by atoms with Gasteiger partial charge < -0.3 is 9.84 Å². The third-order valence-electron chi connectivity index (χ3n) is 2.52. The molecule has 0 aliphatic carbocycles. The van der Waals surface area contributed by atoms with Gasteiger partial charge in [0, 0.05) is 0 Å². The molecule has 0 aliphatic rings. The van der Waals surface area contributed by atoms with Gasteiger partial charge in [0.15, 0.2) is 11.5 Å². The lowest BCUT2D eigenvalue weighted by Gasteiger charge is -2.06. The van der Waals surface area contributed by atoms with Crippen molar-refractivity contribution in [2.24, 2.45) is 5.10 Å². The van der Waals surface area contributed by atoms with Gasteiger partial charge in [-0.05, 0) is 40.5 Å². The van der Waals surface area contributed by atoms with Crippen LogP contribution in [0.1, 0.15) is 11.3 Å². The first kappa shape index (κ1) is 15.0. The summed E-state index contributed by atoms with van der Waals surface area (Å²) in [5.41, 5.74) is 3.17. The molecule has 0 bridgehead atoms. The van der Waals surface area contributed by atoms with Gasteiger partial charge in [-0.2, -0.15) is 5.10 Å². The molecule has 1 aromatic heterocycles. The van der Waals surface area contributed by atoms with E-state index in [2.05, 4.69) is 41.6 Å². The maximum atomic E-state index is 11.3. The van der Waals surface area contributed by atoms with Crippen LogP contribution in [-0.4, -0.2) is 33.6 Å². The number of hydrogen-bond acceptors (Lipinski definition) is 7. The summed E-state index contributed by atoms with van der Waals surface area (Å²) in [5.74, 6) is 0.456. The molecule has 0 amide bonds. The summed E-state index contributed by atoms with van der Waals surface area (Å²) in [7, 11) is 1.45. The number of rotatable bonds is 4. The Balaban J connectivity index is 2.16. The van der Waals surface area contributed by atoms with Crippen LogP contribution in [0.25, 0.3) is 0 Å². The Morgan fingerprint density at radius 3 is 2.90 bits per heavy atom. The Kier molecular flexibility index (Phi) is 4.53. The molecule has 0 saturated carbocycles. The van der Waals surface area contributed by atoms with Gasteiger partial charge in [-0.1, -0.05) is 0 Å². The fraction of sp³-hybridized carbons (Fsp3) is 0.167. The summed E-state index contributed by atoms with van der Waals surface area (Å²) in [6, 6.07) is 3.27. The number of halogens is 1. The molecular weight excluding hydrogens is 342 g/mol. The highest BCUT2D eigenvalue weighted by Crippen LogP contribution is 2.34. The number of aromatic nitrogens is 3. The Morgan fingerprint density at radius 1 is 1.48 bits per heavy atom. The molecule has 2 aromatic rings. The summed E-state index contributed by atoms with van der Waals surface area (Å²) in [4.78, 5) is 13.8. The number of hydrogen-bond donors (Lipinski definition) is 3. The third-order valence-corrected chi connectivity index (χ3v) is 3.12. The van der Waals surface area contributed by atoms with Crippen molar-refractivity contribution in [2.45, 2.75) is 6.92 Å². The number of H-pyrrole nitrogens is 1. The number of phenols is 1. The SMILES string of the molecule is COc1cc(C=NNc2nnc(C)c(=O)[nH]2)cc(Br)c1O. The molecule has 0 aliphatic heterocycles. The van der Waals surface area contributed by atoms with Gasteiger partial charge in [0.2, 0.25) is 5.95 Å². The van der Waals surface area contributed by atoms with Crippen LogP contribution in [0, 0.1) is 6.92 Å². The second kappa shape index (κ2) is 6.35. The van der Waals surface area contributed by atoms with Crippen molar-refractivity contribution in [3.8, 4) is 11.5 Å². The molecule has 0 spiro atoms. The van der Waals surface area contributed by atoms with Crippen molar-refractivity contribution in [3.63, 3.8) is 0 Å². The molecule has 0 radical (unpaired) electrons. The van der Waals surface area contributed by atoms with E-state index in [0.29, 0.717) is 15.8 Å². The van der Waals surface area contributed by atoms with Crippen LogP contribution in [0.4, 0.5) is 5.95 Å². The van der Waals surface area contributed by atoms with E-state index in [4.69, 9.17) is 4.74 Å². The monoisotopic (exact) mass is 353 g/mol. The fourth-order valence-corrected chi connectivity index (χ4v) is 1.90. The van der Waals surface area contributed by atoms with Crippen molar-refractivity contribution in [2.75, 3.05) is 12.5 Å². The van der Waals surface area contributed by atoms with Crippen LogP contribution >= 0.6 is 15.9 Å². The van der Waals surface area contributed by atoms with Gasteiger partial charge in [-0.3, -0.25) is 9.78 Å². The number of nitrogens with zero attached hydrogens (tertiary/aromatic N) is 3. The molecule has 0 atom stereocenters. The predicted octanol–water partition coefficient (Wildman–Crippen LogP) is 1.40. The number of aromatic amines is 1. The number of methoxy groups -OCH3 is 1. The molecule has 1 heterocycles. The highest BCUT2D eigenvalue weighted by Gasteiger charge is 2.07. The maximum Gasteiger partial charge on any atom is 0.274 e. The van der Waals surface area contributed by atoms with Crippen molar-refractivity contribution in [3.05, 3.63) is 38.2 Å². The highest BCUT2D eigenvalue weighted by atomic mass is 79.9. The summed E-state index contributed by atoms with van der Waals surface area (Å²) in [6.07, 6.45) is 1.48. The van der Waals surface area contributed by atoms with Crippen molar-refractivity contribution < 1.29 is 9.84 Å². The first-order valence-corrected chi connectivity index (χ1v) is 6.59. The molecule has 3 N–H and O–H groups in total. The number of nitrogens with one attached hydrogen (secondary N) is 2. The van der Waals surface area contributed by atoms with Crippen molar-refractivity contribution in [1.29, 1.82) is 0 Å². The topological polar surface area (TPSA) is 112 Å². The van der Waals surface area contributed by atoms with Gasteiger partial charge in [0.25, 0.3) is 5.56 Å². The number of anilines is 1. The van der Waals surface area contributed by atoms with Crippen LogP contribution in [0.5, 0.6) is 11.5 Å². The number of benzene rings is 1. The smallest absolute Gasteiger partial charge is 0.274 e. The van der Waals surface area contributed by atoms with E-state index >= 15 is 0 Å². The van der Waals surface area contributed by atoms with Crippen LogP contribution in [-0.2, 0) is 0 Å². The lowest BCUT2D eigenvalue weighted by molar-refractivity contribution is 0.372. The first-order valence-electron chi connectivity index (χ1n) is 5.80. The Bertz CT molecular complexity index is 744. The molecule has 0 saturated heterocycles. The number of aryl methyl sites for hydroxylation is 1. The van der Waals surface area contributed by atoms with E-state index in [9.17, 15) is 9.90 Å². The number of ether oxygens (including phenoxy) is 1. The van der Waals surface area contributed by atoms with Gasteiger partial charge in [0.1, 0.15) is 5.69 Å². The third kappa shape index (κ3) is 3.57. The minimum Gasteiger partial charge on any atom is -0.503 e. The summed E-state index contributed by atoms with van der Waals surface area (Å²) in [5, 5.41) is 21.0. The van der Waals surface area contributed by atoms with Gasteiger partial charge in [-0.25, -0.2) is 5.43 Å². The standard InChI is InChI=1S/C12H12BrN5O3/c1-6-11(20)15-12(18-16-6)17-14-5-7-3-8(13)10(19)9(4-7)21-2/h3-5,19H,1-2H3,(H2,15,17,18,20). The fourth-order valence-electron chi connectivity index (χ4n) is 1.44. The van der Waals surface area contributed by atoms with Gasteiger partial charge in [0.05, 0.1) is 17.8 Å². The number of aromatic hydroxyl groups is 1. The lowest BCUT2D eigenvalue weighted by atomic mass is 10.2. The van der Waals surface area contributed by atoms with Crippen LogP contribution in [0.2, 0.25) is 0 Å². The lowest BCUT2D eigenvalue weighted by Crippen LogP contribution is -2.15. The zero-order valence-corrected chi connectivity index (χ0v) is 12.8. The molecular formula is C12H12BrN5O3. The second-order valence-corrected chi connectivity index (χ2v) is 4.87. The molecule has 0 unspecified atom stereocenters. The zero-order chi connectivity index (χ0) is 15.4. The Labute approximate surface area is 128 Å². The molecule has 110 valence electrons. The minimum absolute atomic E-state index is 0.0105. The maximum absolute atomic E-state index is 11.3. The highest BCUT2D eigenvalue weighted by molar-refractivity contribution is 9.10. The minimum atomic E-state index is -0.336. The molecule has 2 rings (SSSR count). The summed E-state index contributed by atoms with van der Waals surface area (Å²) < 4.78 is 5.51. The zero-order valence-electron chi connectivity index (χ0n) is 11.2. The number of hydrazone groups is 1. The molecule has 21 heavy (non-hydrogen) atoms. The molecule has 1 aromatic carbocycles. The predicted molar refractivity (Wildman–Crippen MR) is 81.0 cm³/mol. The van der Waals surface area contributed by atoms with E-state index in [1.54, 1.807) is 19.1 Å². The van der Waals surface area contributed by atoms with E-state index in [1.807, 2.05) is 0 Å². The second-order valence-electron chi connectivity index (χ2n) is 4.01. The van der Waals surface area contributed by atoms with Gasteiger partial charge in [-0.15, -0.1) is 10.2 Å². The van der Waals surface area contributed by atoms with Gasteiger partial charge >= 0.3 is 0 Å². The van der Waals surface area contributed by atoms with Crippen molar-refractivity contribution >= 4 is 28.1 Å². The first-order chi connectivity index (χ1) is 10.0. The average molecular weight is 354 g/mol. The molecule has 8 nitrogen and oxygen atoms in total. The van der Waals surface area contributed by atoms with Crippen LogP contribution in [0.15, 0.2) is 26.5 Å². The van der Waals surface area contributed by atoms with Crippen LogP contribution < -0.4 is 15.7 Å². The molecule has 9 heteroatoms. The van der Waals surface area contributed by atoms with Crippen LogP contribution in [0.3, 0.4) is 0 Å². The van der Waals surface area contributed by atoms with E-state index in [-0.39, 0.29) is 23.0 Å². The van der Waals surface area contributed by atoms with E-state index in [1.165, 1.54) is 13.3 Å². The average Bonchev–Trinajstić information content (AvgIpc) is 2.46. The number of phenolic OH excluding ortho intramolecular Hbond substituents is 1. The quantitative estimate of drug-likeness (QED) is 0.565. The molecule has 0 fully saturated rings. The summed E-state index contributed by atoms with van der Waals surface area (Å²) in [6.45, 7) is 1.55. The largest absolute Gasteiger partial charge is 0.503 e. The van der Waals surface area contributed by atoms with E-state index in [0.717, 1.165) is 0 Å². The van der Waals surface area contributed by atoms with E-state index < -0.39 is 0 Å². The summed E-state index contributed by atoms with van der Waals surface area (Å²) >= 11 is 3.21. The Morgan fingerprint density at radius 2 is 2.24 bits per heavy atom. The Hall–Kier alpha value is -2.42. The van der Waals surface area contributed by atoms with Crippen molar-refractivity contribution in [1.82, 2.24) is 15.2 Å².